The van der Waals surface area contributed by atoms with E-state index in [4.69, 9.17) is 23.2 Å². The van der Waals surface area contributed by atoms with Gasteiger partial charge in [-0.25, -0.2) is 0 Å². The molecule has 2 aliphatic rings. The maximum atomic E-state index is 12.8. The van der Waals surface area contributed by atoms with Crippen LogP contribution >= 0.6 is 0 Å². The summed E-state index contributed by atoms with van der Waals surface area (Å²) in [5.74, 6) is -1.000. The molecule has 0 spiro atoms. The van der Waals surface area contributed by atoms with Gasteiger partial charge in [0.15, 0.2) is 11.5 Å². The molecule has 236 valence electrons. The molecule has 4 aromatic carbocycles. The van der Waals surface area contributed by atoms with E-state index in [-0.39, 0.29) is 17.2 Å². The van der Waals surface area contributed by atoms with Crippen LogP contribution in [0.1, 0.15) is 36.1 Å². The Hall–Kier alpha value is -4.37. The van der Waals surface area contributed by atoms with E-state index in [2.05, 4.69) is 5.16 Å². The molecule has 2 heterocycles. The minimum Gasteiger partial charge on any atom is -0.360 e. The number of fused-ring (bicyclic) bond motifs is 1. The smallest absolute Gasteiger partial charge is 0.358 e. The number of hydrogen-bond acceptors (Lipinski definition) is 9. The molecule has 2 fully saturated rings. The summed E-state index contributed by atoms with van der Waals surface area (Å²) in [6, 6.07) is 37.8. The maximum Gasteiger partial charge on any atom is 0.358 e. The highest BCUT2D eigenvalue weighted by Gasteiger charge is 2.57. The van der Waals surface area contributed by atoms with Crippen LogP contribution in [0.15, 0.2) is 125 Å². The van der Waals surface area contributed by atoms with E-state index in [1.54, 1.807) is 26.0 Å². The van der Waals surface area contributed by atoms with Crippen LogP contribution in [0, 0.1) is 18.3 Å². The van der Waals surface area contributed by atoms with Crippen LogP contribution in [0.25, 0.3) is 0 Å². The normalized spacial score (nSPS) is 22.6. The zero-order valence-corrected chi connectivity index (χ0v) is 26.5. The van der Waals surface area contributed by atoms with Crippen molar-refractivity contribution in [2.75, 3.05) is 6.61 Å². The van der Waals surface area contributed by atoms with E-state index in [9.17, 15) is 13.7 Å². The minimum atomic E-state index is -4.28. The number of benzene rings is 4. The topological polar surface area (TPSA) is 116 Å². The first-order valence-corrected chi connectivity index (χ1v) is 16.3. The van der Waals surface area contributed by atoms with E-state index in [0.29, 0.717) is 0 Å². The monoisotopic (exact) mass is 638 g/mol. The van der Waals surface area contributed by atoms with Gasteiger partial charge in [-0.05, 0) is 49.6 Å². The Morgan fingerprint density at radius 3 is 1.83 bits per heavy atom. The van der Waals surface area contributed by atoms with Gasteiger partial charge in [0.1, 0.15) is 41.0 Å². The molecule has 0 amide bonds. The highest BCUT2D eigenvalue weighted by molar-refractivity contribution is 7.86. The molecule has 10 heteroatoms. The third-order valence-electron chi connectivity index (χ3n) is 8.08. The van der Waals surface area contributed by atoms with Crippen molar-refractivity contribution < 1.29 is 31.6 Å². The van der Waals surface area contributed by atoms with Crippen molar-refractivity contribution in [3.8, 4) is 6.07 Å². The molecule has 4 aromatic rings. The lowest BCUT2D eigenvalue weighted by Gasteiger charge is -2.37. The van der Waals surface area contributed by atoms with Crippen LogP contribution in [0.5, 0.6) is 0 Å². The fourth-order valence-corrected chi connectivity index (χ4v) is 6.72. The van der Waals surface area contributed by atoms with Crippen LogP contribution in [-0.2, 0) is 39.0 Å². The summed E-state index contributed by atoms with van der Waals surface area (Å²) in [4.78, 5) is -0.0868. The Labute approximate surface area is 269 Å². The van der Waals surface area contributed by atoms with E-state index in [1.165, 1.54) is 12.1 Å². The third kappa shape index (κ3) is 6.20. The average molecular weight is 639 g/mol. The SMILES string of the molecule is Cc1ccc(S(=O)(=O)O/N=C(\C#N)[C@H]2O[C@H](COC(c3ccccc3)(c3ccccc3)c3ccccc3)[C@H]3OC(C)(C)O[C@H]32)cc1. The van der Waals surface area contributed by atoms with Gasteiger partial charge in [-0.3, -0.25) is 4.28 Å². The summed E-state index contributed by atoms with van der Waals surface area (Å²) in [7, 11) is -4.28. The van der Waals surface area contributed by atoms with E-state index in [0.717, 1.165) is 22.3 Å². The minimum absolute atomic E-state index is 0.0387. The van der Waals surface area contributed by atoms with E-state index < -0.39 is 45.9 Å². The van der Waals surface area contributed by atoms with Crippen LogP contribution < -0.4 is 0 Å². The van der Waals surface area contributed by atoms with Gasteiger partial charge in [0.2, 0.25) is 0 Å². The molecule has 0 radical (unpaired) electrons. The Bertz CT molecular complexity index is 1730. The number of nitrogens with zero attached hydrogens (tertiary/aromatic N) is 2. The summed E-state index contributed by atoms with van der Waals surface area (Å²) >= 11 is 0. The standard InChI is InChI=1S/C36H34N2O7S/c1-25-19-21-29(22-20-25)46(39,40)45-38-30(23-37)32-34-33(43-35(2,3)44-34)31(42-32)24-41-36(26-13-7-4-8-14-26,27-15-9-5-10-16-27)28-17-11-6-12-18-28/h4-22,31-34H,24H2,1-3H3/b38-30+/t31-,32-,33-,34+/m1/s1. The fourth-order valence-electron chi connectivity index (χ4n) is 5.99. The second kappa shape index (κ2) is 12.8. The Morgan fingerprint density at radius 2 is 1.33 bits per heavy atom. The number of rotatable bonds is 10. The Kier molecular flexibility index (Phi) is 8.79. The number of ether oxygens (including phenoxy) is 4. The Balaban J connectivity index is 1.33. The summed E-state index contributed by atoms with van der Waals surface area (Å²) in [5, 5.41) is 13.8. The van der Waals surface area contributed by atoms with Gasteiger partial charge in [0, 0.05) is 0 Å². The first-order chi connectivity index (χ1) is 22.1. The Morgan fingerprint density at radius 1 is 0.826 bits per heavy atom. The van der Waals surface area contributed by atoms with Gasteiger partial charge < -0.3 is 18.9 Å². The van der Waals surface area contributed by atoms with Crippen LogP contribution in [0.2, 0.25) is 0 Å². The summed E-state index contributed by atoms with van der Waals surface area (Å²) in [6.45, 7) is 5.41. The van der Waals surface area contributed by atoms with Crippen LogP contribution in [0.3, 0.4) is 0 Å². The predicted octanol–water partition coefficient (Wildman–Crippen LogP) is 5.88. The first kappa shape index (κ1) is 31.6. The summed E-state index contributed by atoms with van der Waals surface area (Å²) in [5.41, 5.74) is 2.31. The number of hydrogen-bond donors (Lipinski definition) is 0. The summed E-state index contributed by atoms with van der Waals surface area (Å²) < 4.78 is 56.4. The molecule has 0 bridgehead atoms. The molecule has 0 unspecified atom stereocenters. The first-order valence-electron chi connectivity index (χ1n) is 14.9. The molecule has 0 aromatic heterocycles. The summed E-state index contributed by atoms with van der Waals surface area (Å²) in [6.07, 6.45) is -3.20. The largest absolute Gasteiger partial charge is 0.360 e. The van der Waals surface area contributed by atoms with Crippen molar-refractivity contribution in [2.45, 2.75) is 61.5 Å². The molecule has 0 aliphatic carbocycles. The maximum absolute atomic E-state index is 12.8. The highest BCUT2D eigenvalue weighted by Crippen LogP contribution is 2.43. The molecule has 6 rings (SSSR count). The van der Waals surface area contributed by atoms with E-state index in [1.807, 2.05) is 104 Å². The molecule has 46 heavy (non-hydrogen) atoms. The van der Waals surface area contributed by atoms with Gasteiger partial charge in [0.25, 0.3) is 0 Å². The van der Waals surface area contributed by atoms with Gasteiger partial charge in [-0.15, -0.1) is 0 Å². The van der Waals surface area contributed by atoms with Gasteiger partial charge in [-0.2, -0.15) is 13.7 Å². The zero-order valence-electron chi connectivity index (χ0n) is 25.6. The van der Waals surface area contributed by atoms with Gasteiger partial charge in [0.05, 0.1) is 6.61 Å². The highest BCUT2D eigenvalue weighted by atomic mass is 32.2. The van der Waals surface area contributed by atoms with E-state index >= 15 is 0 Å². The zero-order chi connectivity index (χ0) is 32.4. The lowest BCUT2D eigenvalue weighted by atomic mass is 9.80. The van der Waals surface area contributed by atoms with Crippen LogP contribution in [-0.4, -0.2) is 50.9 Å². The second-order valence-corrected chi connectivity index (χ2v) is 13.2. The second-order valence-electron chi connectivity index (χ2n) is 11.7. The van der Waals surface area contributed by atoms with Gasteiger partial charge >= 0.3 is 10.1 Å². The van der Waals surface area contributed by atoms with Crippen molar-refractivity contribution in [2.24, 2.45) is 5.16 Å². The molecule has 2 aliphatic heterocycles. The van der Waals surface area contributed by atoms with Crippen molar-refractivity contribution in [3.63, 3.8) is 0 Å². The van der Waals surface area contributed by atoms with Crippen molar-refractivity contribution in [1.82, 2.24) is 0 Å². The predicted molar refractivity (Wildman–Crippen MR) is 170 cm³/mol. The van der Waals surface area contributed by atoms with Crippen LogP contribution in [0.4, 0.5) is 0 Å². The number of oxime groups is 1. The number of aryl methyl sites for hydroxylation is 1. The molecule has 4 atom stereocenters. The third-order valence-corrected chi connectivity index (χ3v) is 9.20. The molecule has 2 saturated heterocycles. The lowest BCUT2D eigenvalue weighted by Crippen LogP contribution is -2.39. The molecular weight excluding hydrogens is 604 g/mol. The quantitative estimate of drug-likeness (QED) is 0.120. The van der Waals surface area contributed by atoms with Crippen molar-refractivity contribution in [1.29, 1.82) is 5.26 Å². The molecule has 9 nitrogen and oxygen atoms in total. The molecule has 0 N–H and O–H groups in total. The number of nitriles is 1. The molecular formula is C36H34N2O7S. The van der Waals surface area contributed by atoms with Crippen molar-refractivity contribution >= 4 is 15.8 Å². The van der Waals surface area contributed by atoms with Gasteiger partial charge in [-0.1, -0.05) is 114 Å². The lowest BCUT2D eigenvalue weighted by molar-refractivity contribution is -0.188. The average Bonchev–Trinajstić information content (AvgIpc) is 3.56. The van der Waals surface area contributed by atoms with Crippen molar-refractivity contribution in [3.05, 3.63) is 138 Å². The fraction of sp³-hybridized carbons (Fsp3) is 0.278. The molecule has 0 saturated carbocycles.